The van der Waals surface area contributed by atoms with Gasteiger partial charge in [0, 0.05) is 24.4 Å². The summed E-state index contributed by atoms with van der Waals surface area (Å²) in [5, 5.41) is 0. The summed E-state index contributed by atoms with van der Waals surface area (Å²) in [5.74, 6) is 1.89. The lowest BCUT2D eigenvalue weighted by Gasteiger charge is -2.16. The third kappa shape index (κ3) is 3.51. The van der Waals surface area contributed by atoms with Gasteiger partial charge in [0.05, 0.1) is 14.2 Å². The molecule has 1 aliphatic rings. The van der Waals surface area contributed by atoms with E-state index in [0.717, 1.165) is 42.7 Å². The van der Waals surface area contributed by atoms with Crippen LogP contribution >= 0.6 is 0 Å². The smallest absolute Gasteiger partial charge is 0.137 e. The zero-order valence-electron chi connectivity index (χ0n) is 12.2. The Hall–Kier alpha value is -1.55. The summed E-state index contributed by atoms with van der Waals surface area (Å²) in [6, 6.07) is 5.79. The van der Waals surface area contributed by atoms with E-state index < -0.39 is 0 Å². The van der Waals surface area contributed by atoms with E-state index in [0.29, 0.717) is 6.42 Å². The SMILES string of the molecule is COc1ccc(CC2CCC[C@@H](N)CC2=O)c(OC)c1. The van der Waals surface area contributed by atoms with Crippen LogP contribution in [0.3, 0.4) is 0 Å². The van der Waals surface area contributed by atoms with Gasteiger partial charge in [0.1, 0.15) is 17.3 Å². The van der Waals surface area contributed by atoms with Gasteiger partial charge in [0.2, 0.25) is 0 Å². The molecule has 1 fully saturated rings. The molecule has 4 heteroatoms. The molecule has 2 N–H and O–H groups in total. The Balaban J connectivity index is 2.14. The molecule has 0 aromatic heterocycles. The average molecular weight is 277 g/mol. The Kier molecular flexibility index (Phi) is 5.01. The van der Waals surface area contributed by atoms with Crippen LogP contribution in [-0.4, -0.2) is 26.0 Å². The monoisotopic (exact) mass is 277 g/mol. The average Bonchev–Trinajstić information content (AvgIpc) is 2.60. The molecule has 0 aliphatic heterocycles. The highest BCUT2D eigenvalue weighted by atomic mass is 16.5. The standard InChI is InChI=1S/C16H23NO3/c1-19-14-7-6-12(16(10-14)20-2)8-11-4-3-5-13(17)9-15(11)18/h6-7,10-11,13H,3-5,8-9,17H2,1-2H3/t11?,13-/m1/s1. The van der Waals surface area contributed by atoms with Crippen molar-refractivity contribution in [3.05, 3.63) is 23.8 Å². The Labute approximate surface area is 120 Å². The molecule has 2 rings (SSSR count). The van der Waals surface area contributed by atoms with Crippen LogP contribution in [0.5, 0.6) is 11.5 Å². The molecule has 1 aliphatic carbocycles. The number of hydrogen-bond acceptors (Lipinski definition) is 4. The highest BCUT2D eigenvalue weighted by Crippen LogP contribution is 2.30. The molecule has 0 heterocycles. The van der Waals surface area contributed by atoms with E-state index in [2.05, 4.69) is 0 Å². The van der Waals surface area contributed by atoms with Gasteiger partial charge < -0.3 is 15.2 Å². The van der Waals surface area contributed by atoms with Gasteiger partial charge >= 0.3 is 0 Å². The van der Waals surface area contributed by atoms with E-state index in [1.165, 1.54) is 0 Å². The summed E-state index contributed by atoms with van der Waals surface area (Å²) >= 11 is 0. The minimum atomic E-state index is 0.0327. The number of nitrogens with two attached hydrogens (primary N) is 1. The minimum Gasteiger partial charge on any atom is -0.497 e. The molecule has 1 saturated carbocycles. The van der Waals surface area contributed by atoms with E-state index in [4.69, 9.17) is 15.2 Å². The molecule has 2 atom stereocenters. The summed E-state index contributed by atoms with van der Waals surface area (Å²) in [7, 11) is 3.27. The van der Waals surface area contributed by atoms with Gasteiger partial charge in [-0.3, -0.25) is 4.79 Å². The van der Waals surface area contributed by atoms with Crippen molar-refractivity contribution in [2.45, 2.75) is 38.1 Å². The number of hydrogen-bond donors (Lipinski definition) is 1. The number of methoxy groups -OCH3 is 2. The Bertz CT molecular complexity index is 473. The van der Waals surface area contributed by atoms with Crippen LogP contribution in [0.25, 0.3) is 0 Å². The first-order valence-electron chi connectivity index (χ1n) is 7.13. The largest absolute Gasteiger partial charge is 0.497 e. The van der Waals surface area contributed by atoms with Gasteiger partial charge in [0.15, 0.2) is 0 Å². The number of carbonyl (C=O) groups excluding carboxylic acids is 1. The predicted molar refractivity (Wildman–Crippen MR) is 78.2 cm³/mol. The number of benzene rings is 1. The third-order valence-electron chi connectivity index (χ3n) is 4.01. The molecule has 4 nitrogen and oxygen atoms in total. The summed E-state index contributed by atoms with van der Waals surface area (Å²) < 4.78 is 10.6. The van der Waals surface area contributed by atoms with Crippen molar-refractivity contribution in [2.24, 2.45) is 11.7 Å². The zero-order valence-corrected chi connectivity index (χ0v) is 12.2. The van der Waals surface area contributed by atoms with Gasteiger partial charge in [-0.1, -0.05) is 12.5 Å². The highest BCUT2D eigenvalue weighted by Gasteiger charge is 2.25. The maximum absolute atomic E-state index is 12.2. The Morgan fingerprint density at radius 3 is 2.75 bits per heavy atom. The Morgan fingerprint density at radius 1 is 1.25 bits per heavy atom. The topological polar surface area (TPSA) is 61.5 Å². The second-order valence-electron chi connectivity index (χ2n) is 5.44. The fourth-order valence-corrected chi connectivity index (χ4v) is 2.82. The van der Waals surface area contributed by atoms with E-state index in [9.17, 15) is 4.79 Å². The molecule has 0 radical (unpaired) electrons. The van der Waals surface area contributed by atoms with Crippen molar-refractivity contribution in [1.82, 2.24) is 0 Å². The zero-order chi connectivity index (χ0) is 14.5. The van der Waals surface area contributed by atoms with E-state index in [1.54, 1.807) is 14.2 Å². The third-order valence-corrected chi connectivity index (χ3v) is 4.01. The van der Waals surface area contributed by atoms with Gasteiger partial charge in [-0.05, 0) is 30.9 Å². The second kappa shape index (κ2) is 6.75. The lowest BCUT2D eigenvalue weighted by Crippen LogP contribution is -2.24. The number of ketones is 1. The summed E-state index contributed by atoms with van der Waals surface area (Å²) in [4.78, 5) is 12.2. The van der Waals surface area contributed by atoms with Crippen molar-refractivity contribution in [3.8, 4) is 11.5 Å². The number of Topliss-reactive ketones (excluding diaryl/α,β-unsaturated/α-hetero) is 1. The van der Waals surface area contributed by atoms with E-state index in [1.807, 2.05) is 18.2 Å². The van der Waals surface area contributed by atoms with E-state index in [-0.39, 0.29) is 17.7 Å². The first-order chi connectivity index (χ1) is 9.63. The number of ether oxygens (including phenoxy) is 2. The van der Waals surface area contributed by atoms with Crippen LogP contribution in [0.1, 0.15) is 31.2 Å². The lowest BCUT2D eigenvalue weighted by molar-refractivity contribution is -0.122. The van der Waals surface area contributed by atoms with Gasteiger partial charge in [0.25, 0.3) is 0 Å². The van der Waals surface area contributed by atoms with Crippen LogP contribution in [0.2, 0.25) is 0 Å². The summed E-state index contributed by atoms with van der Waals surface area (Å²) in [5.41, 5.74) is 6.97. The van der Waals surface area contributed by atoms with Crippen LogP contribution in [0, 0.1) is 5.92 Å². The first kappa shape index (κ1) is 14.9. The van der Waals surface area contributed by atoms with Gasteiger partial charge in [-0.15, -0.1) is 0 Å². The molecule has 1 aromatic rings. The van der Waals surface area contributed by atoms with Crippen molar-refractivity contribution < 1.29 is 14.3 Å². The predicted octanol–water partition coefficient (Wildman–Crippen LogP) is 2.33. The summed E-state index contributed by atoms with van der Waals surface area (Å²) in [6.07, 6.45) is 4.11. The quantitative estimate of drug-likeness (QED) is 0.858. The minimum absolute atomic E-state index is 0.0327. The van der Waals surface area contributed by atoms with Crippen molar-refractivity contribution >= 4 is 5.78 Å². The molecule has 1 unspecified atom stereocenters. The fourth-order valence-electron chi connectivity index (χ4n) is 2.82. The van der Waals surface area contributed by atoms with Crippen LogP contribution in [0.4, 0.5) is 0 Å². The highest BCUT2D eigenvalue weighted by molar-refractivity contribution is 5.82. The Morgan fingerprint density at radius 2 is 2.05 bits per heavy atom. The van der Waals surface area contributed by atoms with Crippen LogP contribution in [0.15, 0.2) is 18.2 Å². The number of carbonyl (C=O) groups is 1. The molecule has 1 aromatic carbocycles. The number of rotatable bonds is 4. The maximum atomic E-state index is 12.2. The molecule has 0 saturated heterocycles. The van der Waals surface area contributed by atoms with Crippen LogP contribution < -0.4 is 15.2 Å². The molecular formula is C16H23NO3. The fraction of sp³-hybridized carbons (Fsp3) is 0.562. The van der Waals surface area contributed by atoms with Crippen LogP contribution in [-0.2, 0) is 11.2 Å². The van der Waals surface area contributed by atoms with Gasteiger partial charge in [-0.25, -0.2) is 0 Å². The molecule has 0 bridgehead atoms. The molecule has 0 amide bonds. The van der Waals surface area contributed by atoms with Crippen molar-refractivity contribution in [1.29, 1.82) is 0 Å². The first-order valence-corrected chi connectivity index (χ1v) is 7.13. The maximum Gasteiger partial charge on any atom is 0.137 e. The molecular weight excluding hydrogens is 254 g/mol. The second-order valence-corrected chi connectivity index (χ2v) is 5.44. The van der Waals surface area contributed by atoms with Gasteiger partial charge in [-0.2, -0.15) is 0 Å². The molecule has 110 valence electrons. The molecule has 20 heavy (non-hydrogen) atoms. The normalized spacial score (nSPS) is 23.2. The van der Waals surface area contributed by atoms with Crippen molar-refractivity contribution in [2.75, 3.05) is 14.2 Å². The lowest BCUT2D eigenvalue weighted by atomic mass is 9.91. The summed E-state index contributed by atoms with van der Waals surface area (Å²) in [6.45, 7) is 0. The van der Waals surface area contributed by atoms with E-state index >= 15 is 0 Å². The van der Waals surface area contributed by atoms with Crippen molar-refractivity contribution in [3.63, 3.8) is 0 Å². The molecule has 0 spiro atoms.